The predicted molar refractivity (Wildman–Crippen MR) is 86.8 cm³/mol. The van der Waals surface area contributed by atoms with E-state index < -0.39 is 0 Å². The summed E-state index contributed by atoms with van der Waals surface area (Å²) in [6.07, 6.45) is 5.00. The number of pyridine rings is 1. The normalized spacial score (nSPS) is 14.2. The van der Waals surface area contributed by atoms with Gasteiger partial charge in [-0.1, -0.05) is 6.07 Å². The van der Waals surface area contributed by atoms with Crippen LogP contribution in [0.3, 0.4) is 0 Å². The first-order valence-corrected chi connectivity index (χ1v) is 8.60. The molecule has 0 spiro atoms. The molecular formula is C15H21N3O3S. The van der Waals surface area contributed by atoms with Crippen molar-refractivity contribution in [2.45, 2.75) is 31.8 Å². The molecule has 0 aliphatic heterocycles. The topological polar surface area (TPSA) is 80.2 Å². The minimum atomic E-state index is -0.120. The van der Waals surface area contributed by atoms with Crippen molar-refractivity contribution in [3.8, 4) is 0 Å². The van der Waals surface area contributed by atoms with Crippen LogP contribution in [0.25, 0.3) is 0 Å². The molecule has 1 aromatic rings. The standard InChI is InChI=1S/C15H21N3O3S/c19-13(10-22-11-14(20)17-12-4-3-5-12)16-7-9-18-8-2-1-6-15(18)21/h1-2,6,8,12H,3-5,7,9-11H2,(H,16,19)(H,17,20). The number of rotatable bonds is 8. The van der Waals surface area contributed by atoms with Crippen molar-refractivity contribution in [1.29, 1.82) is 0 Å². The highest BCUT2D eigenvalue weighted by molar-refractivity contribution is 8.00. The van der Waals surface area contributed by atoms with Crippen molar-refractivity contribution in [3.05, 3.63) is 34.7 Å². The molecule has 120 valence electrons. The second-order valence-corrected chi connectivity index (χ2v) is 6.26. The lowest BCUT2D eigenvalue weighted by molar-refractivity contribution is -0.119. The van der Waals surface area contributed by atoms with Gasteiger partial charge in [-0.2, -0.15) is 0 Å². The molecule has 0 unspecified atom stereocenters. The van der Waals surface area contributed by atoms with Crippen molar-refractivity contribution in [1.82, 2.24) is 15.2 Å². The third-order valence-electron chi connectivity index (χ3n) is 3.51. The largest absolute Gasteiger partial charge is 0.354 e. The van der Waals surface area contributed by atoms with E-state index in [9.17, 15) is 14.4 Å². The highest BCUT2D eigenvalue weighted by Crippen LogP contribution is 2.18. The predicted octanol–water partition coefficient (Wildman–Crippen LogP) is 0.366. The Morgan fingerprint density at radius 2 is 2.00 bits per heavy atom. The minimum Gasteiger partial charge on any atom is -0.354 e. The van der Waals surface area contributed by atoms with E-state index in [1.165, 1.54) is 24.2 Å². The van der Waals surface area contributed by atoms with Gasteiger partial charge >= 0.3 is 0 Å². The fraction of sp³-hybridized carbons (Fsp3) is 0.533. The summed E-state index contributed by atoms with van der Waals surface area (Å²) in [5.74, 6) is 0.438. The molecule has 0 saturated heterocycles. The van der Waals surface area contributed by atoms with Gasteiger partial charge in [0.2, 0.25) is 11.8 Å². The van der Waals surface area contributed by atoms with E-state index in [2.05, 4.69) is 10.6 Å². The van der Waals surface area contributed by atoms with Gasteiger partial charge in [-0.05, 0) is 25.3 Å². The molecule has 1 aliphatic rings. The summed E-state index contributed by atoms with van der Waals surface area (Å²) in [6, 6.07) is 5.28. The molecule has 0 aromatic carbocycles. The summed E-state index contributed by atoms with van der Waals surface area (Å²) in [6.45, 7) is 0.843. The van der Waals surface area contributed by atoms with E-state index in [4.69, 9.17) is 0 Å². The Balaban J connectivity index is 1.55. The van der Waals surface area contributed by atoms with Crippen molar-refractivity contribution in [2.75, 3.05) is 18.1 Å². The average molecular weight is 323 g/mol. The van der Waals surface area contributed by atoms with Gasteiger partial charge in [-0.15, -0.1) is 11.8 Å². The Morgan fingerprint density at radius 3 is 2.68 bits per heavy atom. The maximum atomic E-state index is 11.6. The minimum absolute atomic E-state index is 0.00154. The van der Waals surface area contributed by atoms with Crippen LogP contribution in [-0.2, 0) is 16.1 Å². The Bertz CT molecular complexity index is 569. The molecule has 2 rings (SSSR count). The van der Waals surface area contributed by atoms with Gasteiger partial charge in [0.25, 0.3) is 5.56 Å². The molecule has 2 amide bonds. The summed E-state index contributed by atoms with van der Waals surface area (Å²) in [5, 5.41) is 5.68. The lowest BCUT2D eigenvalue weighted by Crippen LogP contribution is -2.40. The molecule has 1 saturated carbocycles. The highest BCUT2D eigenvalue weighted by atomic mass is 32.2. The molecule has 1 fully saturated rings. The number of aromatic nitrogens is 1. The van der Waals surface area contributed by atoms with Gasteiger partial charge in [-0.3, -0.25) is 14.4 Å². The molecule has 1 heterocycles. The first kappa shape index (κ1) is 16.6. The van der Waals surface area contributed by atoms with Crippen molar-refractivity contribution < 1.29 is 9.59 Å². The van der Waals surface area contributed by atoms with Crippen molar-refractivity contribution in [2.24, 2.45) is 0 Å². The SMILES string of the molecule is O=C(CSCC(=O)NC1CCC1)NCCn1ccccc1=O. The highest BCUT2D eigenvalue weighted by Gasteiger charge is 2.19. The molecule has 1 aromatic heterocycles. The smallest absolute Gasteiger partial charge is 0.250 e. The maximum absolute atomic E-state index is 11.6. The summed E-state index contributed by atoms with van der Waals surface area (Å²) < 4.78 is 1.54. The Morgan fingerprint density at radius 1 is 1.23 bits per heavy atom. The Kier molecular flexibility index (Phi) is 6.51. The van der Waals surface area contributed by atoms with Crippen LogP contribution in [-0.4, -0.2) is 40.5 Å². The van der Waals surface area contributed by atoms with E-state index in [0.717, 1.165) is 12.8 Å². The third-order valence-corrected chi connectivity index (χ3v) is 4.44. The van der Waals surface area contributed by atoms with Crippen LogP contribution in [0, 0.1) is 0 Å². The lowest BCUT2D eigenvalue weighted by Gasteiger charge is -2.26. The maximum Gasteiger partial charge on any atom is 0.250 e. The van der Waals surface area contributed by atoms with E-state index in [1.807, 2.05) is 0 Å². The second kappa shape index (κ2) is 8.63. The molecule has 0 atom stereocenters. The number of nitrogens with zero attached hydrogens (tertiary/aromatic N) is 1. The van der Waals surface area contributed by atoms with Crippen LogP contribution >= 0.6 is 11.8 Å². The second-order valence-electron chi connectivity index (χ2n) is 5.27. The molecule has 7 heteroatoms. The average Bonchev–Trinajstić information content (AvgIpc) is 2.45. The summed E-state index contributed by atoms with van der Waals surface area (Å²) in [7, 11) is 0. The van der Waals surface area contributed by atoms with E-state index >= 15 is 0 Å². The van der Waals surface area contributed by atoms with Gasteiger partial charge in [0.05, 0.1) is 11.5 Å². The number of nitrogens with one attached hydrogen (secondary N) is 2. The zero-order chi connectivity index (χ0) is 15.8. The number of hydrogen-bond acceptors (Lipinski definition) is 4. The van der Waals surface area contributed by atoms with Crippen LogP contribution in [0.2, 0.25) is 0 Å². The summed E-state index contributed by atoms with van der Waals surface area (Å²) in [4.78, 5) is 34.7. The van der Waals surface area contributed by atoms with Crippen LogP contribution in [0.15, 0.2) is 29.2 Å². The molecule has 1 aliphatic carbocycles. The number of thioether (sulfide) groups is 1. The quantitative estimate of drug-likeness (QED) is 0.724. The summed E-state index contributed by atoms with van der Waals surface area (Å²) >= 11 is 1.30. The molecular weight excluding hydrogens is 302 g/mol. The van der Waals surface area contributed by atoms with Gasteiger partial charge < -0.3 is 15.2 Å². The van der Waals surface area contributed by atoms with E-state index in [-0.39, 0.29) is 23.1 Å². The monoisotopic (exact) mass is 323 g/mol. The van der Waals surface area contributed by atoms with Gasteiger partial charge in [-0.25, -0.2) is 0 Å². The number of carbonyl (C=O) groups is 2. The number of hydrogen-bond donors (Lipinski definition) is 2. The Labute approximate surface area is 133 Å². The zero-order valence-corrected chi connectivity index (χ0v) is 13.2. The number of carbonyl (C=O) groups excluding carboxylic acids is 2. The number of amides is 2. The Hall–Kier alpha value is -1.76. The lowest BCUT2D eigenvalue weighted by atomic mass is 9.93. The van der Waals surface area contributed by atoms with Crippen LogP contribution in [0.4, 0.5) is 0 Å². The molecule has 22 heavy (non-hydrogen) atoms. The fourth-order valence-corrected chi connectivity index (χ4v) is 2.73. The first-order valence-electron chi connectivity index (χ1n) is 7.44. The zero-order valence-electron chi connectivity index (χ0n) is 12.4. The van der Waals surface area contributed by atoms with Crippen LogP contribution in [0.1, 0.15) is 19.3 Å². The van der Waals surface area contributed by atoms with Crippen LogP contribution < -0.4 is 16.2 Å². The van der Waals surface area contributed by atoms with Crippen LogP contribution in [0.5, 0.6) is 0 Å². The molecule has 0 bridgehead atoms. The van der Waals surface area contributed by atoms with E-state index in [0.29, 0.717) is 24.9 Å². The van der Waals surface area contributed by atoms with Crippen molar-refractivity contribution >= 4 is 23.6 Å². The molecule has 6 nitrogen and oxygen atoms in total. The van der Waals surface area contributed by atoms with E-state index in [1.54, 1.807) is 22.9 Å². The third kappa shape index (κ3) is 5.55. The fourth-order valence-electron chi connectivity index (χ4n) is 2.07. The summed E-state index contributed by atoms with van der Waals surface area (Å²) in [5.41, 5.74) is -0.0845. The van der Waals surface area contributed by atoms with Gasteiger partial charge in [0.15, 0.2) is 0 Å². The van der Waals surface area contributed by atoms with Crippen molar-refractivity contribution in [3.63, 3.8) is 0 Å². The first-order chi connectivity index (χ1) is 10.6. The molecule has 0 radical (unpaired) electrons. The molecule has 2 N–H and O–H groups in total. The van der Waals surface area contributed by atoms with Gasteiger partial charge in [0.1, 0.15) is 0 Å². The van der Waals surface area contributed by atoms with Gasteiger partial charge in [0, 0.05) is 31.4 Å².